The Hall–Kier alpha value is -1.77. The van der Waals surface area contributed by atoms with Crippen LogP contribution in [0, 0.1) is 0 Å². The first-order valence-corrected chi connectivity index (χ1v) is 9.18. The fraction of sp³-hybridized carbons (Fsp3) is 0.722. The van der Waals surface area contributed by atoms with Crippen molar-refractivity contribution in [2.45, 2.75) is 32.6 Å². The van der Waals surface area contributed by atoms with E-state index >= 15 is 0 Å². The fourth-order valence-electron chi connectivity index (χ4n) is 2.24. The molecule has 0 aromatic carbocycles. The number of amides is 3. The molecule has 0 atom stereocenters. The summed E-state index contributed by atoms with van der Waals surface area (Å²) in [4.78, 5) is 35.2. The van der Waals surface area contributed by atoms with Crippen LogP contribution in [0.2, 0.25) is 0 Å². The van der Waals surface area contributed by atoms with Gasteiger partial charge in [0, 0.05) is 25.1 Å². The molecular formula is C18H30N2O6. The van der Waals surface area contributed by atoms with Gasteiger partial charge in [-0.05, 0) is 6.42 Å². The van der Waals surface area contributed by atoms with Gasteiger partial charge in [0.05, 0.1) is 46.2 Å². The van der Waals surface area contributed by atoms with Crippen molar-refractivity contribution in [2.75, 3.05) is 52.7 Å². The largest absolute Gasteiger partial charge is 0.377 e. The predicted molar refractivity (Wildman–Crippen MR) is 95.5 cm³/mol. The van der Waals surface area contributed by atoms with E-state index in [1.165, 1.54) is 12.2 Å². The van der Waals surface area contributed by atoms with Crippen molar-refractivity contribution >= 4 is 17.7 Å². The maximum atomic E-state index is 11.4. The summed E-state index contributed by atoms with van der Waals surface area (Å²) in [5.74, 6) is -0.531. The Kier molecular flexibility index (Phi) is 12.3. The molecule has 1 aliphatic rings. The quantitative estimate of drug-likeness (QED) is 0.317. The molecule has 3 amide bonds. The SMILES string of the molecule is CCCCCC(=O)NCCOCCOCCOCCN1C(=O)C=CC1=O. The lowest BCUT2D eigenvalue weighted by molar-refractivity contribution is -0.137. The molecule has 1 rings (SSSR count). The van der Waals surface area contributed by atoms with Gasteiger partial charge in [0.2, 0.25) is 5.91 Å². The number of unbranched alkanes of at least 4 members (excludes halogenated alkanes) is 2. The number of nitrogens with one attached hydrogen (secondary N) is 1. The van der Waals surface area contributed by atoms with E-state index in [4.69, 9.17) is 14.2 Å². The lowest BCUT2D eigenvalue weighted by Gasteiger charge is -2.13. The Labute approximate surface area is 154 Å². The summed E-state index contributed by atoms with van der Waals surface area (Å²) in [7, 11) is 0. The van der Waals surface area contributed by atoms with Crippen LogP contribution in [0.4, 0.5) is 0 Å². The second-order valence-corrected chi connectivity index (χ2v) is 5.81. The van der Waals surface area contributed by atoms with E-state index in [1.807, 2.05) is 0 Å². The highest BCUT2D eigenvalue weighted by Crippen LogP contribution is 2.02. The number of rotatable bonds is 16. The number of nitrogens with zero attached hydrogens (tertiary/aromatic N) is 1. The van der Waals surface area contributed by atoms with Gasteiger partial charge in [-0.1, -0.05) is 19.8 Å². The summed E-state index contributed by atoms with van der Waals surface area (Å²) in [5.41, 5.74) is 0. The molecule has 0 aromatic rings. The molecule has 0 aromatic heterocycles. The van der Waals surface area contributed by atoms with Crippen molar-refractivity contribution in [1.29, 1.82) is 0 Å². The van der Waals surface area contributed by atoms with Gasteiger partial charge in [-0.25, -0.2) is 0 Å². The minimum Gasteiger partial charge on any atom is -0.377 e. The van der Waals surface area contributed by atoms with E-state index in [0.717, 1.165) is 24.2 Å². The summed E-state index contributed by atoms with van der Waals surface area (Å²) in [6, 6.07) is 0. The van der Waals surface area contributed by atoms with E-state index in [2.05, 4.69) is 12.2 Å². The van der Waals surface area contributed by atoms with Crippen LogP contribution in [-0.2, 0) is 28.6 Å². The van der Waals surface area contributed by atoms with Crippen molar-refractivity contribution in [1.82, 2.24) is 10.2 Å². The monoisotopic (exact) mass is 370 g/mol. The average molecular weight is 370 g/mol. The molecule has 0 unspecified atom stereocenters. The van der Waals surface area contributed by atoms with Crippen LogP contribution in [0.3, 0.4) is 0 Å². The molecule has 1 aliphatic heterocycles. The van der Waals surface area contributed by atoms with Gasteiger partial charge in [0.25, 0.3) is 11.8 Å². The third-order valence-electron chi connectivity index (χ3n) is 3.68. The van der Waals surface area contributed by atoms with Crippen molar-refractivity contribution in [2.24, 2.45) is 0 Å². The Morgan fingerprint density at radius 2 is 1.50 bits per heavy atom. The van der Waals surface area contributed by atoms with Crippen LogP contribution in [0.1, 0.15) is 32.6 Å². The second kappa shape index (κ2) is 14.4. The molecule has 0 aliphatic carbocycles. The molecule has 0 saturated carbocycles. The molecule has 0 spiro atoms. The van der Waals surface area contributed by atoms with E-state index in [-0.39, 0.29) is 30.9 Å². The van der Waals surface area contributed by atoms with Crippen LogP contribution < -0.4 is 5.32 Å². The highest BCUT2D eigenvalue weighted by molar-refractivity contribution is 6.12. The van der Waals surface area contributed by atoms with Crippen LogP contribution in [-0.4, -0.2) is 75.4 Å². The first-order valence-electron chi connectivity index (χ1n) is 9.18. The average Bonchev–Trinajstić information content (AvgIpc) is 2.94. The van der Waals surface area contributed by atoms with Gasteiger partial charge in [-0.15, -0.1) is 0 Å². The Balaban J connectivity index is 1.79. The molecule has 0 radical (unpaired) electrons. The number of ether oxygens (including phenoxy) is 3. The predicted octanol–water partition coefficient (Wildman–Crippen LogP) is 0.658. The third kappa shape index (κ3) is 10.3. The highest BCUT2D eigenvalue weighted by atomic mass is 16.5. The molecular weight excluding hydrogens is 340 g/mol. The zero-order chi connectivity index (χ0) is 19.0. The van der Waals surface area contributed by atoms with E-state index in [0.29, 0.717) is 46.0 Å². The molecule has 0 bridgehead atoms. The van der Waals surface area contributed by atoms with Crippen LogP contribution in [0.5, 0.6) is 0 Å². The van der Waals surface area contributed by atoms with E-state index in [9.17, 15) is 14.4 Å². The normalized spacial score (nSPS) is 13.7. The fourth-order valence-corrected chi connectivity index (χ4v) is 2.24. The van der Waals surface area contributed by atoms with Crippen molar-refractivity contribution in [3.8, 4) is 0 Å². The van der Waals surface area contributed by atoms with Gasteiger partial charge in [-0.3, -0.25) is 19.3 Å². The lowest BCUT2D eigenvalue weighted by atomic mass is 10.2. The highest BCUT2D eigenvalue weighted by Gasteiger charge is 2.22. The first-order chi connectivity index (χ1) is 12.6. The second-order valence-electron chi connectivity index (χ2n) is 5.81. The minimum absolute atomic E-state index is 0.0727. The van der Waals surface area contributed by atoms with Crippen LogP contribution in [0.15, 0.2) is 12.2 Å². The summed E-state index contributed by atoms with van der Waals surface area (Å²) in [5, 5.41) is 2.81. The van der Waals surface area contributed by atoms with E-state index < -0.39 is 0 Å². The third-order valence-corrected chi connectivity index (χ3v) is 3.68. The standard InChI is InChI=1S/C18H30N2O6/c1-2-3-4-5-16(21)19-8-10-24-12-14-26-15-13-25-11-9-20-17(22)6-7-18(20)23/h6-7H,2-5,8-15H2,1H3,(H,19,21). The number of carbonyl (C=O) groups excluding carboxylic acids is 3. The lowest BCUT2D eigenvalue weighted by Crippen LogP contribution is -2.33. The van der Waals surface area contributed by atoms with Crippen molar-refractivity contribution < 1.29 is 28.6 Å². The van der Waals surface area contributed by atoms with Crippen molar-refractivity contribution in [3.05, 3.63) is 12.2 Å². The summed E-state index contributed by atoms with van der Waals surface area (Å²) in [6.07, 6.45) is 6.20. The molecule has 1 N–H and O–H groups in total. The number of hydrogen-bond acceptors (Lipinski definition) is 6. The summed E-state index contributed by atoms with van der Waals surface area (Å²) < 4.78 is 16.0. The van der Waals surface area contributed by atoms with Crippen molar-refractivity contribution in [3.63, 3.8) is 0 Å². The number of imide groups is 1. The number of carbonyl (C=O) groups is 3. The van der Waals surface area contributed by atoms with Gasteiger partial charge >= 0.3 is 0 Å². The number of hydrogen-bond donors (Lipinski definition) is 1. The van der Waals surface area contributed by atoms with Gasteiger partial charge in [0.15, 0.2) is 0 Å². The summed E-state index contributed by atoms with van der Waals surface area (Å²) >= 11 is 0. The molecule has 1 heterocycles. The molecule has 0 saturated heterocycles. The van der Waals surface area contributed by atoms with Crippen LogP contribution >= 0.6 is 0 Å². The molecule has 8 heteroatoms. The van der Waals surface area contributed by atoms with Crippen LogP contribution in [0.25, 0.3) is 0 Å². The topological polar surface area (TPSA) is 94.2 Å². The molecule has 148 valence electrons. The zero-order valence-electron chi connectivity index (χ0n) is 15.5. The van der Waals surface area contributed by atoms with Gasteiger partial charge in [-0.2, -0.15) is 0 Å². The molecule has 8 nitrogen and oxygen atoms in total. The summed E-state index contributed by atoms with van der Waals surface area (Å²) in [6.45, 7) is 5.32. The first kappa shape index (κ1) is 22.3. The molecule has 0 fully saturated rings. The van der Waals surface area contributed by atoms with E-state index in [1.54, 1.807) is 0 Å². The van der Waals surface area contributed by atoms with Gasteiger partial charge in [0.1, 0.15) is 0 Å². The maximum absolute atomic E-state index is 11.4. The molecule has 26 heavy (non-hydrogen) atoms. The minimum atomic E-state index is -0.302. The Morgan fingerprint density at radius 3 is 2.12 bits per heavy atom. The smallest absolute Gasteiger partial charge is 0.253 e. The Bertz CT molecular complexity index is 449. The van der Waals surface area contributed by atoms with Gasteiger partial charge < -0.3 is 19.5 Å². The Morgan fingerprint density at radius 1 is 0.923 bits per heavy atom. The zero-order valence-corrected chi connectivity index (χ0v) is 15.5. The maximum Gasteiger partial charge on any atom is 0.253 e.